The Bertz CT molecular complexity index is 1630. The van der Waals surface area contributed by atoms with Crippen LogP contribution >= 0.6 is 0 Å². The van der Waals surface area contributed by atoms with Crippen LogP contribution in [0.3, 0.4) is 0 Å². The first-order valence-corrected chi connectivity index (χ1v) is 13.4. The zero-order valence-corrected chi connectivity index (χ0v) is 23.6. The van der Waals surface area contributed by atoms with Gasteiger partial charge in [0.1, 0.15) is 17.9 Å². The molecule has 2 aromatic carbocycles. The molecule has 0 aliphatic carbocycles. The van der Waals surface area contributed by atoms with Crippen molar-refractivity contribution < 1.29 is 28.9 Å². The molecule has 9 heteroatoms. The molecule has 1 aliphatic heterocycles. The maximum Gasteiger partial charge on any atom is 0.295 e. The molecule has 1 N–H and O–H groups in total. The third-order valence-corrected chi connectivity index (χ3v) is 7.34. The van der Waals surface area contributed by atoms with E-state index in [2.05, 4.69) is 4.98 Å². The predicted molar refractivity (Wildman–Crippen MR) is 154 cm³/mol. The van der Waals surface area contributed by atoms with Gasteiger partial charge in [0.05, 0.1) is 24.4 Å². The summed E-state index contributed by atoms with van der Waals surface area (Å²) in [5, 5.41) is 11.6. The molecule has 4 aromatic rings. The average molecular weight is 556 g/mol. The summed E-state index contributed by atoms with van der Waals surface area (Å²) in [6.45, 7) is 4.76. The lowest BCUT2D eigenvalue weighted by molar-refractivity contribution is -0.140. The molecule has 2 aromatic heterocycles. The molecule has 1 atom stereocenters. The van der Waals surface area contributed by atoms with Crippen molar-refractivity contribution in [1.82, 2.24) is 14.3 Å². The summed E-state index contributed by atoms with van der Waals surface area (Å²) in [7, 11) is 3.12. The number of aryl methyl sites for hydroxylation is 2. The lowest BCUT2D eigenvalue weighted by Gasteiger charge is -2.26. The van der Waals surface area contributed by atoms with E-state index < -0.39 is 17.7 Å². The lowest BCUT2D eigenvalue weighted by atomic mass is 9.96. The van der Waals surface area contributed by atoms with Crippen LogP contribution in [0, 0.1) is 13.8 Å². The number of Topliss-reactive ketones (excluding diaryl/α,β-unsaturated/α-hetero) is 1. The van der Waals surface area contributed by atoms with Crippen LogP contribution in [0.25, 0.3) is 11.4 Å². The molecule has 212 valence electrons. The van der Waals surface area contributed by atoms with E-state index in [-0.39, 0.29) is 23.6 Å². The quantitative estimate of drug-likeness (QED) is 0.127. The number of methoxy groups -OCH3 is 2. The van der Waals surface area contributed by atoms with Gasteiger partial charge in [-0.1, -0.05) is 42.5 Å². The topological polar surface area (TPSA) is 103 Å². The highest BCUT2D eigenvalue weighted by Crippen LogP contribution is 2.42. The van der Waals surface area contributed by atoms with Crippen molar-refractivity contribution in [2.24, 2.45) is 0 Å². The number of hydrogen-bond acceptors (Lipinski definition) is 7. The maximum absolute atomic E-state index is 13.5. The van der Waals surface area contributed by atoms with Crippen LogP contribution in [-0.4, -0.2) is 58.5 Å². The Labute approximate surface area is 238 Å². The second-order valence-electron chi connectivity index (χ2n) is 9.95. The molecule has 1 saturated heterocycles. The number of carbonyl (C=O) groups excluding carboxylic acids is 2. The number of pyridine rings is 1. The fourth-order valence-corrected chi connectivity index (χ4v) is 5.22. The number of ketones is 1. The van der Waals surface area contributed by atoms with Crippen LogP contribution in [0.5, 0.6) is 11.5 Å². The lowest BCUT2D eigenvalue weighted by Crippen LogP contribution is -2.31. The standard InChI is InChI=1S/C32H33N3O6/c1-20-10-8-15-34-21(2)27(33-31(20)34)29(36)26-28(35(16-9-17-39-3)32(38)30(26)37)23-13-14-24(25(18-23)40-4)41-19-22-11-6-5-7-12-22/h5-8,10-15,18,28,36H,9,16-17,19H2,1-4H3/b29-26+. The van der Waals surface area contributed by atoms with E-state index in [4.69, 9.17) is 14.2 Å². The molecule has 1 aliphatic rings. The minimum absolute atomic E-state index is 0.0171. The van der Waals surface area contributed by atoms with E-state index >= 15 is 0 Å². The third kappa shape index (κ3) is 5.28. The van der Waals surface area contributed by atoms with Crippen LogP contribution in [0.2, 0.25) is 0 Å². The number of carbonyl (C=O) groups is 2. The van der Waals surface area contributed by atoms with Gasteiger partial charge in [-0.3, -0.25) is 9.59 Å². The van der Waals surface area contributed by atoms with Crippen molar-refractivity contribution in [2.45, 2.75) is 32.9 Å². The molecule has 5 rings (SSSR count). The second-order valence-corrected chi connectivity index (χ2v) is 9.95. The van der Waals surface area contributed by atoms with Crippen molar-refractivity contribution in [3.63, 3.8) is 0 Å². The fourth-order valence-electron chi connectivity index (χ4n) is 5.22. The van der Waals surface area contributed by atoms with E-state index in [1.54, 1.807) is 25.3 Å². The summed E-state index contributed by atoms with van der Waals surface area (Å²) in [6, 6.07) is 18.0. The van der Waals surface area contributed by atoms with Crippen molar-refractivity contribution in [2.75, 3.05) is 27.4 Å². The monoisotopic (exact) mass is 555 g/mol. The number of nitrogens with zero attached hydrogens (tertiary/aromatic N) is 3. The molecular weight excluding hydrogens is 522 g/mol. The normalized spacial score (nSPS) is 16.5. The number of rotatable bonds is 10. The summed E-state index contributed by atoms with van der Waals surface area (Å²) >= 11 is 0. The number of aromatic nitrogens is 2. The SMILES string of the molecule is COCCCN1C(=O)C(=O)/C(=C(/O)c2nc3c(C)cccn3c2C)C1c1ccc(OCc2ccccc2)c(OC)c1. The van der Waals surface area contributed by atoms with E-state index in [1.807, 2.05) is 66.9 Å². The Morgan fingerprint density at radius 3 is 2.49 bits per heavy atom. The third-order valence-electron chi connectivity index (χ3n) is 7.34. The van der Waals surface area contributed by atoms with Gasteiger partial charge in [0, 0.05) is 26.5 Å². The second kappa shape index (κ2) is 11.9. The number of aliphatic hydroxyl groups is 1. The molecule has 0 saturated carbocycles. The number of benzene rings is 2. The molecule has 3 heterocycles. The number of amides is 1. The maximum atomic E-state index is 13.5. The largest absolute Gasteiger partial charge is 0.505 e. The first-order chi connectivity index (χ1) is 19.8. The zero-order valence-electron chi connectivity index (χ0n) is 23.6. The minimum Gasteiger partial charge on any atom is -0.505 e. The highest BCUT2D eigenvalue weighted by molar-refractivity contribution is 6.46. The Morgan fingerprint density at radius 1 is 1.00 bits per heavy atom. The van der Waals surface area contributed by atoms with Crippen LogP contribution in [0.4, 0.5) is 0 Å². The van der Waals surface area contributed by atoms with Gasteiger partial charge < -0.3 is 28.6 Å². The number of hydrogen-bond donors (Lipinski definition) is 1. The number of likely N-dealkylation sites (tertiary alicyclic amines) is 1. The smallest absolute Gasteiger partial charge is 0.295 e. The van der Waals surface area contributed by atoms with E-state index in [1.165, 1.54) is 12.0 Å². The van der Waals surface area contributed by atoms with Gasteiger partial charge in [-0.15, -0.1) is 0 Å². The van der Waals surface area contributed by atoms with Gasteiger partial charge in [-0.2, -0.15) is 0 Å². The van der Waals surface area contributed by atoms with Gasteiger partial charge in [-0.25, -0.2) is 4.98 Å². The van der Waals surface area contributed by atoms with Crippen molar-refractivity contribution in [3.05, 3.63) is 101 Å². The molecule has 0 radical (unpaired) electrons. The Morgan fingerprint density at radius 2 is 1.78 bits per heavy atom. The molecule has 0 bridgehead atoms. The number of ether oxygens (including phenoxy) is 3. The zero-order chi connectivity index (χ0) is 29.1. The Balaban J connectivity index is 1.59. The van der Waals surface area contributed by atoms with E-state index in [0.29, 0.717) is 48.0 Å². The summed E-state index contributed by atoms with van der Waals surface area (Å²) in [5.74, 6) is -0.801. The van der Waals surface area contributed by atoms with Crippen LogP contribution in [0.15, 0.2) is 72.4 Å². The predicted octanol–water partition coefficient (Wildman–Crippen LogP) is 5.00. The first kappa shape index (κ1) is 27.9. The van der Waals surface area contributed by atoms with E-state index in [0.717, 1.165) is 11.1 Å². The summed E-state index contributed by atoms with van der Waals surface area (Å²) < 4.78 is 18.7. The number of imidazole rings is 1. The number of fused-ring (bicyclic) bond motifs is 1. The number of aliphatic hydroxyl groups excluding tert-OH is 1. The van der Waals surface area contributed by atoms with Gasteiger partial charge in [-0.05, 0) is 55.2 Å². The average Bonchev–Trinajstić information content (AvgIpc) is 3.46. The van der Waals surface area contributed by atoms with Gasteiger partial charge >= 0.3 is 0 Å². The van der Waals surface area contributed by atoms with Crippen LogP contribution in [0.1, 0.15) is 40.5 Å². The summed E-state index contributed by atoms with van der Waals surface area (Å²) in [4.78, 5) is 32.9. The van der Waals surface area contributed by atoms with Crippen LogP contribution < -0.4 is 9.47 Å². The van der Waals surface area contributed by atoms with Gasteiger partial charge in [0.2, 0.25) is 0 Å². The molecular formula is C32H33N3O6. The highest BCUT2D eigenvalue weighted by Gasteiger charge is 2.46. The van der Waals surface area contributed by atoms with Gasteiger partial charge in [0.15, 0.2) is 17.3 Å². The van der Waals surface area contributed by atoms with Crippen molar-refractivity contribution >= 4 is 23.1 Å². The van der Waals surface area contributed by atoms with E-state index in [9.17, 15) is 14.7 Å². The van der Waals surface area contributed by atoms with Crippen LogP contribution in [-0.2, 0) is 20.9 Å². The molecule has 0 spiro atoms. The Kier molecular flexibility index (Phi) is 8.07. The van der Waals surface area contributed by atoms with Gasteiger partial charge in [0.25, 0.3) is 11.7 Å². The molecule has 1 amide bonds. The van der Waals surface area contributed by atoms with Crippen molar-refractivity contribution in [3.8, 4) is 11.5 Å². The minimum atomic E-state index is -0.853. The summed E-state index contributed by atoms with van der Waals surface area (Å²) in [5.41, 5.74) is 4.09. The molecule has 1 fully saturated rings. The Hall–Kier alpha value is -4.63. The highest BCUT2D eigenvalue weighted by atomic mass is 16.5. The molecule has 41 heavy (non-hydrogen) atoms. The summed E-state index contributed by atoms with van der Waals surface area (Å²) in [6.07, 6.45) is 2.36. The molecule has 9 nitrogen and oxygen atoms in total. The fraction of sp³-hybridized carbons (Fsp3) is 0.281. The first-order valence-electron chi connectivity index (χ1n) is 13.4. The van der Waals surface area contributed by atoms with Crippen molar-refractivity contribution in [1.29, 1.82) is 0 Å². The molecule has 1 unspecified atom stereocenters.